The molecule has 1 amide bonds. The fourth-order valence-electron chi connectivity index (χ4n) is 5.39. The van der Waals surface area contributed by atoms with Gasteiger partial charge in [0.15, 0.2) is 0 Å². The van der Waals surface area contributed by atoms with Gasteiger partial charge in [-0.05, 0) is 55.5 Å². The number of imidazole rings is 1. The van der Waals surface area contributed by atoms with Gasteiger partial charge in [0.05, 0.1) is 23.3 Å². The van der Waals surface area contributed by atoms with E-state index in [4.69, 9.17) is 9.72 Å². The van der Waals surface area contributed by atoms with Gasteiger partial charge in [-0.2, -0.15) is 0 Å². The molecule has 1 saturated heterocycles. The summed E-state index contributed by atoms with van der Waals surface area (Å²) in [6, 6.07) is 30.9. The number of nitrogens with zero attached hydrogens (tertiary/aromatic N) is 3. The van der Waals surface area contributed by atoms with Crippen LogP contribution in [-0.2, 0) is 11.3 Å². The highest BCUT2D eigenvalue weighted by atomic mass is 16.5. The van der Waals surface area contributed by atoms with Crippen LogP contribution in [0.2, 0.25) is 0 Å². The number of ether oxygens (including phenoxy) is 1. The average molecular weight is 490 g/mol. The van der Waals surface area contributed by atoms with E-state index < -0.39 is 0 Å². The zero-order chi connectivity index (χ0) is 25.2. The average Bonchev–Trinajstić information content (AvgIpc) is 3.49. The van der Waals surface area contributed by atoms with Crippen molar-refractivity contribution in [3.8, 4) is 5.75 Å². The Morgan fingerprint density at radius 1 is 0.892 bits per heavy atom. The molecule has 1 aromatic heterocycles. The van der Waals surface area contributed by atoms with E-state index >= 15 is 0 Å². The summed E-state index contributed by atoms with van der Waals surface area (Å²) in [6.07, 6.45) is 2.40. The summed E-state index contributed by atoms with van der Waals surface area (Å²) in [6.45, 7) is 4.26. The minimum atomic E-state index is 0.0580. The van der Waals surface area contributed by atoms with Gasteiger partial charge in [-0.3, -0.25) is 4.79 Å². The second-order valence-corrected chi connectivity index (χ2v) is 9.88. The van der Waals surface area contributed by atoms with Gasteiger partial charge in [-0.15, -0.1) is 0 Å². The lowest BCUT2D eigenvalue weighted by Crippen LogP contribution is -2.24. The second-order valence-electron chi connectivity index (χ2n) is 9.88. The van der Waals surface area contributed by atoms with Gasteiger partial charge in [0, 0.05) is 30.8 Å². The highest BCUT2D eigenvalue weighted by Gasteiger charge is 2.35. The molecule has 1 unspecified atom stereocenters. The molecule has 1 fully saturated rings. The van der Waals surface area contributed by atoms with E-state index in [2.05, 4.69) is 66.1 Å². The Hall–Kier alpha value is -4.12. The molecule has 6 rings (SSSR count). The van der Waals surface area contributed by atoms with Crippen molar-refractivity contribution >= 4 is 33.4 Å². The van der Waals surface area contributed by atoms with Crippen molar-refractivity contribution in [2.75, 3.05) is 18.1 Å². The first-order valence-electron chi connectivity index (χ1n) is 13.1. The van der Waals surface area contributed by atoms with Gasteiger partial charge in [0.1, 0.15) is 11.6 Å². The smallest absolute Gasteiger partial charge is 0.227 e. The van der Waals surface area contributed by atoms with E-state index in [0.717, 1.165) is 58.5 Å². The summed E-state index contributed by atoms with van der Waals surface area (Å²) >= 11 is 0. The van der Waals surface area contributed by atoms with Crippen LogP contribution in [0.4, 0.5) is 5.69 Å². The van der Waals surface area contributed by atoms with Crippen molar-refractivity contribution in [1.29, 1.82) is 0 Å². The predicted molar refractivity (Wildman–Crippen MR) is 149 cm³/mol. The van der Waals surface area contributed by atoms with E-state index in [0.29, 0.717) is 19.6 Å². The summed E-state index contributed by atoms with van der Waals surface area (Å²) in [4.78, 5) is 20.2. The number of hydrogen-bond donors (Lipinski definition) is 0. The SMILES string of the molecule is Cc1ccc(OCCCCn2c(C3CC(=O)N(c4cccc5ccccc45)C3)nc3ccccc32)cc1. The van der Waals surface area contributed by atoms with Gasteiger partial charge in [-0.25, -0.2) is 4.98 Å². The first-order chi connectivity index (χ1) is 18.2. The standard InChI is InChI=1S/C32H31N3O2/c1-23-15-17-26(18-16-23)37-20-7-6-19-34-30-13-5-4-12-28(30)33-32(34)25-21-31(36)35(22-25)29-14-8-10-24-9-2-3-11-27(24)29/h2-5,8-18,25H,6-7,19-22H2,1H3. The molecule has 2 heterocycles. The highest BCUT2D eigenvalue weighted by molar-refractivity contribution is 6.05. The molecule has 5 aromatic rings. The van der Waals surface area contributed by atoms with Gasteiger partial charge in [-0.1, -0.05) is 66.2 Å². The van der Waals surface area contributed by atoms with Crippen LogP contribution in [0.3, 0.4) is 0 Å². The fourth-order valence-corrected chi connectivity index (χ4v) is 5.39. The molecule has 1 aliphatic rings. The predicted octanol–water partition coefficient (Wildman–Crippen LogP) is 6.88. The zero-order valence-electron chi connectivity index (χ0n) is 21.1. The van der Waals surface area contributed by atoms with Crippen LogP contribution in [0.5, 0.6) is 5.75 Å². The first kappa shape index (κ1) is 23.3. The molecule has 1 aliphatic heterocycles. The fraction of sp³-hybridized carbons (Fsp3) is 0.250. The van der Waals surface area contributed by atoms with Crippen molar-refractivity contribution in [2.45, 2.75) is 38.6 Å². The Bertz CT molecular complexity index is 1550. The van der Waals surface area contributed by atoms with Crippen LogP contribution in [0.15, 0.2) is 91.0 Å². The molecule has 0 bridgehead atoms. The molecule has 37 heavy (non-hydrogen) atoms. The number of para-hydroxylation sites is 2. The van der Waals surface area contributed by atoms with Crippen molar-refractivity contribution in [3.05, 3.63) is 102 Å². The number of aryl methyl sites for hydroxylation is 2. The minimum Gasteiger partial charge on any atom is -0.494 e. The summed E-state index contributed by atoms with van der Waals surface area (Å²) in [5.74, 6) is 2.14. The third-order valence-corrected chi connectivity index (χ3v) is 7.30. The molecule has 0 N–H and O–H groups in total. The quantitative estimate of drug-likeness (QED) is 0.223. The molecule has 0 aliphatic carbocycles. The Balaban J connectivity index is 1.20. The molecule has 186 valence electrons. The number of hydrogen-bond acceptors (Lipinski definition) is 3. The maximum Gasteiger partial charge on any atom is 0.227 e. The summed E-state index contributed by atoms with van der Waals surface area (Å²) < 4.78 is 8.26. The third kappa shape index (κ3) is 4.69. The normalized spacial score (nSPS) is 15.6. The number of carbonyl (C=O) groups excluding carboxylic acids is 1. The lowest BCUT2D eigenvalue weighted by molar-refractivity contribution is -0.117. The summed E-state index contributed by atoms with van der Waals surface area (Å²) in [5, 5.41) is 2.26. The van der Waals surface area contributed by atoms with Crippen molar-refractivity contribution < 1.29 is 9.53 Å². The second kappa shape index (κ2) is 10.1. The summed E-state index contributed by atoms with van der Waals surface area (Å²) in [7, 11) is 0. The third-order valence-electron chi connectivity index (χ3n) is 7.30. The molecular weight excluding hydrogens is 458 g/mol. The molecule has 1 atom stereocenters. The topological polar surface area (TPSA) is 47.4 Å². The number of carbonyl (C=O) groups is 1. The number of benzene rings is 4. The van der Waals surface area contributed by atoms with Gasteiger partial charge in [0.25, 0.3) is 0 Å². The number of amides is 1. The Labute approximate surface area is 217 Å². The van der Waals surface area contributed by atoms with Gasteiger partial charge >= 0.3 is 0 Å². The van der Waals surface area contributed by atoms with Crippen molar-refractivity contribution in [1.82, 2.24) is 9.55 Å². The van der Waals surface area contributed by atoms with Crippen LogP contribution in [0.25, 0.3) is 21.8 Å². The Morgan fingerprint density at radius 2 is 1.68 bits per heavy atom. The minimum absolute atomic E-state index is 0.0580. The number of rotatable bonds is 8. The number of fused-ring (bicyclic) bond motifs is 2. The zero-order valence-corrected chi connectivity index (χ0v) is 21.1. The maximum atomic E-state index is 13.3. The van der Waals surface area contributed by atoms with Gasteiger partial charge in [0.2, 0.25) is 5.91 Å². The van der Waals surface area contributed by atoms with Crippen LogP contribution >= 0.6 is 0 Å². The monoisotopic (exact) mass is 489 g/mol. The molecule has 0 saturated carbocycles. The van der Waals surface area contributed by atoms with Gasteiger partial charge < -0.3 is 14.2 Å². The number of anilines is 1. The largest absolute Gasteiger partial charge is 0.494 e. The lowest BCUT2D eigenvalue weighted by Gasteiger charge is -2.19. The van der Waals surface area contributed by atoms with E-state index in [9.17, 15) is 4.79 Å². The first-order valence-corrected chi connectivity index (χ1v) is 13.1. The molecule has 0 radical (unpaired) electrons. The number of aromatic nitrogens is 2. The highest BCUT2D eigenvalue weighted by Crippen LogP contribution is 2.36. The lowest BCUT2D eigenvalue weighted by atomic mass is 10.1. The summed E-state index contributed by atoms with van der Waals surface area (Å²) in [5.41, 5.74) is 4.34. The molecule has 0 spiro atoms. The van der Waals surface area contributed by atoms with Crippen LogP contribution in [0.1, 0.15) is 36.6 Å². The van der Waals surface area contributed by atoms with E-state index in [1.54, 1.807) is 0 Å². The van der Waals surface area contributed by atoms with Crippen molar-refractivity contribution in [2.24, 2.45) is 0 Å². The Kier molecular flexibility index (Phi) is 6.35. The van der Waals surface area contributed by atoms with Crippen LogP contribution in [-0.4, -0.2) is 28.6 Å². The van der Waals surface area contributed by atoms with E-state index in [1.165, 1.54) is 5.56 Å². The Morgan fingerprint density at radius 3 is 2.57 bits per heavy atom. The van der Waals surface area contributed by atoms with E-state index in [1.807, 2.05) is 41.3 Å². The van der Waals surface area contributed by atoms with E-state index in [-0.39, 0.29) is 11.8 Å². The molecule has 5 heteroatoms. The molecular formula is C32H31N3O2. The number of unbranched alkanes of at least 4 members (excludes halogenated alkanes) is 1. The maximum absolute atomic E-state index is 13.3. The van der Waals surface area contributed by atoms with Crippen LogP contribution < -0.4 is 9.64 Å². The van der Waals surface area contributed by atoms with Crippen molar-refractivity contribution in [3.63, 3.8) is 0 Å². The molecule has 5 nitrogen and oxygen atoms in total. The molecule has 4 aromatic carbocycles. The van der Waals surface area contributed by atoms with Crippen LogP contribution in [0, 0.1) is 6.92 Å².